The topological polar surface area (TPSA) is 104 Å². The number of para-hydroxylation sites is 2. The number of nitrogens with zero attached hydrogens (tertiary/aromatic N) is 2. The highest BCUT2D eigenvalue weighted by atomic mass is 16.5. The second-order valence-corrected chi connectivity index (χ2v) is 10.9. The number of carbonyl (C=O) groups excluding carboxylic acids is 3. The molecule has 0 bridgehead atoms. The Kier molecular flexibility index (Phi) is 7.43. The summed E-state index contributed by atoms with van der Waals surface area (Å²) in [6, 6.07) is 20.5. The normalized spacial score (nSPS) is 18.0. The number of nitrogens with one attached hydrogen (secondary N) is 2. The smallest absolute Gasteiger partial charge is 0.332 e. The van der Waals surface area contributed by atoms with Gasteiger partial charge in [0.15, 0.2) is 0 Å². The number of imide groups is 1. The van der Waals surface area contributed by atoms with Crippen molar-refractivity contribution in [2.75, 3.05) is 25.2 Å². The van der Waals surface area contributed by atoms with Gasteiger partial charge in [-0.15, -0.1) is 0 Å². The van der Waals surface area contributed by atoms with Crippen molar-refractivity contribution in [1.82, 2.24) is 15.2 Å². The van der Waals surface area contributed by atoms with Crippen LogP contribution in [0.1, 0.15) is 53.5 Å². The molecule has 216 valence electrons. The van der Waals surface area contributed by atoms with Crippen LogP contribution in [0.15, 0.2) is 72.8 Å². The number of aromatic amines is 1. The van der Waals surface area contributed by atoms with Gasteiger partial charge in [-0.05, 0) is 61.7 Å². The first-order valence-corrected chi connectivity index (χ1v) is 14.3. The molecule has 2 aliphatic heterocycles. The second kappa shape index (κ2) is 11.3. The number of hydrogen-bond acceptors (Lipinski definition) is 5. The molecule has 0 aliphatic carbocycles. The van der Waals surface area contributed by atoms with Gasteiger partial charge >= 0.3 is 6.03 Å². The van der Waals surface area contributed by atoms with E-state index in [0.29, 0.717) is 31.7 Å². The van der Waals surface area contributed by atoms with Gasteiger partial charge in [-0.25, -0.2) is 9.69 Å². The minimum absolute atomic E-state index is 0.118. The molecule has 2 atom stereocenters. The number of benzene rings is 3. The third-order valence-electron chi connectivity index (χ3n) is 7.91. The fourth-order valence-corrected chi connectivity index (χ4v) is 6.00. The van der Waals surface area contributed by atoms with E-state index < -0.39 is 18.1 Å². The van der Waals surface area contributed by atoms with Crippen LogP contribution in [0.4, 0.5) is 10.5 Å². The van der Waals surface area contributed by atoms with Crippen LogP contribution in [0.3, 0.4) is 0 Å². The van der Waals surface area contributed by atoms with Crippen LogP contribution in [0.5, 0.6) is 5.75 Å². The largest absolute Gasteiger partial charge is 0.497 e. The Labute approximate surface area is 244 Å². The highest BCUT2D eigenvalue weighted by Gasteiger charge is 2.53. The van der Waals surface area contributed by atoms with Crippen molar-refractivity contribution in [1.29, 1.82) is 0 Å². The van der Waals surface area contributed by atoms with Crippen LogP contribution >= 0.6 is 0 Å². The third kappa shape index (κ3) is 4.79. The van der Waals surface area contributed by atoms with E-state index in [1.165, 1.54) is 4.90 Å². The molecule has 0 spiro atoms. The molecule has 2 unspecified atom stereocenters. The standard InChI is InChI=1S/C33H34N4O5/c1-20(2)42-17-9-16-34-31(38)24-13-5-7-15-27(24)37-32(39)28-19-25-23-12-4-6-14-26(23)35-29(25)30(36(28)33(37)40)21-10-8-11-22(18-21)41-3/h4-8,10-15,18,20,28,30,35H,9,16-17,19H2,1-3H3,(H,34,38). The van der Waals surface area contributed by atoms with Crippen LogP contribution in [0.2, 0.25) is 0 Å². The zero-order valence-electron chi connectivity index (χ0n) is 23.9. The van der Waals surface area contributed by atoms with Crippen LogP contribution in [-0.2, 0) is 16.0 Å². The van der Waals surface area contributed by atoms with Crippen molar-refractivity contribution in [3.05, 3.63) is 95.2 Å². The lowest BCUT2D eigenvalue weighted by atomic mass is 9.89. The van der Waals surface area contributed by atoms with Crippen molar-refractivity contribution in [3.63, 3.8) is 0 Å². The number of fused-ring (bicyclic) bond motifs is 4. The number of hydrogen-bond donors (Lipinski definition) is 2. The number of rotatable bonds is 9. The highest BCUT2D eigenvalue weighted by molar-refractivity contribution is 6.24. The van der Waals surface area contributed by atoms with Gasteiger partial charge in [-0.1, -0.05) is 42.5 Å². The van der Waals surface area contributed by atoms with Crippen LogP contribution in [0.25, 0.3) is 10.9 Å². The predicted molar refractivity (Wildman–Crippen MR) is 160 cm³/mol. The molecule has 2 N–H and O–H groups in total. The van der Waals surface area contributed by atoms with Gasteiger partial charge in [0.25, 0.3) is 11.8 Å². The highest BCUT2D eigenvalue weighted by Crippen LogP contribution is 2.45. The summed E-state index contributed by atoms with van der Waals surface area (Å²) in [7, 11) is 1.60. The van der Waals surface area contributed by atoms with Crippen molar-refractivity contribution in [3.8, 4) is 5.75 Å². The van der Waals surface area contributed by atoms with Gasteiger partial charge in [0.05, 0.1) is 24.5 Å². The summed E-state index contributed by atoms with van der Waals surface area (Å²) in [4.78, 5) is 48.0. The summed E-state index contributed by atoms with van der Waals surface area (Å²) in [5, 5.41) is 3.93. The Bertz CT molecular complexity index is 1660. The van der Waals surface area contributed by atoms with E-state index in [-0.39, 0.29) is 29.2 Å². The zero-order chi connectivity index (χ0) is 29.4. The van der Waals surface area contributed by atoms with Gasteiger partial charge in [-0.3, -0.25) is 14.5 Å². The average Bonchev–Trinajstić information content (AvgIpc) is 3.49. The SMILES string of the molecule is COc1cccc(C2c3[nH]c4ccccc4c3CC3C(=O)N(c4ccccc4C(=O)NCCCOC(C)C)C(=O)N32)c1. The fraction of sp³-hybridized carbons (Fsp3) is 0.303. The number of methoxy groups -OCH3 is 1. The van der Waals surface area contributed by atoms with Gasteiger partial charge in [0.1, 0.15) is 17.8 Å². The molecule has 0 radical (unpaired) electrons. The third-order valence-corrected chi connectivity index (χ3v) is 7.91. The molecular weight excluding hydrogens is 532 g/mol. The molecule has 4 amide bonds. The first-order chi connectivity index (χ1) is 20.4. The van der Waals surface area contributed by atoms with E-state index in [2.05, 4.69) is 10.3 Å². The number of H-pyrrole nitrogens is 1. The van der Waals surface area contributed by atoms with Crippen molar-refractivity contribution < 1.29 is 23.9 Å². The van der Waals surface area contributed by atoms with E-state index in [1.807, 2.05) is 62.4 Å². The summed E-state index contributed by atoms with van der Waals surface area (Å²) in [5.41, 5.74) is 4.20. The van der Waals surface area contributed by atoms with E-state index in [1.54, 1.807) is 36.3 Å². The lowest BCUT2D eigenvalue weighted by molar-refractivity contribution is -0.120. The predicted octanol–water partition coefficient (Wildman–Crippen LogP) is 5.20. The summed E-state index contributed by atoms with van der Waals surface area (Å²) in [5.74, 6) is -0.0430. The van der Waals surface area contributed by atoms with E-state index in [4.69, 9.17) is 9.47 Å². The molecule has 6 rings (SSSR count). The van der Waals surface area contributed by atoms with Gasteiger partial charge in [0.2, 0.25) is 0 Å². The molecule has 9 heteroatoms. The molecule has 0 saturated carbocycles. The molecule has 42 heavy (non-hydrogen) atoms. The van der Waals surface area contributed by atoms with E-state index in [9.17, 15) is 14.4 Å². The van der Waals surface area contributed by atoms with Gasteiger partial charge in [-0.2, -0.15) is 0 Å². The molecule has 2 aliphatic rings. The van der Waals surface area contributed by atoms with Crippen molar-refractivity contribution >= 4 is 34.4 Å². The lowest BCUT2D eigenvalue weighted by Crippen LogP contribution is -2.44. The maximum absolute atomic E-state index is 14.3. The van der Waals surface area contributed by atoms with E-state index in [0.717, 1.165) is 27.7 Å². The molecular formula is C33H34N4O5. The first-order valence-electron chi connectivity index (χ1n) is 14.3. The fourth-order valence-electron chi connectivity index (χ4n) is 6.00. The molecule has 1 saturated heterocycles. The number of aromatic nitrogens is 1. The molecule has 4 aromatic rings. The average molecular weight is 567 g/mol. The second-order valence-electron chi connectivity index (χ2n) is 10.9. The van der Waals surface area contributed by atoms with Crippen molar-refractivity contribution in [2.45, 2.75) is 44.9 Å². The minimum Gasteiger partial charge on any atom is -0.497 e. The number of urea groups is 1. The van der Waals surface area contributed by atoms with Crippen LogP contribution in [0, 0.1) is 0 Å². The molecule has 1 fully saturated rings. The monoisotopic (exact) mass is 566 g/mol. The van der Waals surface area contributed by atoms with Gasteiger partial charge < -0.3 is 19.8 Å². The van der Waals surface area contributed by atoms with Crippen LogP contribution < -0.4 is 15.0 Å². The summed E-state index contributed by atoms with van der Waals surface area (Å²) < 4.78 is 11.1. The quantitative estimate of drug-likeness (QED) is 0.214. The van der Waals surface area contributed by atoms with E-state index >= 15 is 0 Å². The Morgan fingerprint density at radius 2 is 1.83 bits per heavy atom. The lowest BCUT2D eigenvalue weighted by Gasteiger charge is -2.36. The molecule has 3 aromatic carbocycles. The Morgan fingerprint density at radius 3 is 2.64 bits per heavy atom. The Hall–Kier alpha value is -4.63. The summed E-state index contributed by atoms with van der Waals surface area (Å²) in [6.07, 6.45) is 1.13. The number of carbonyl (C=O) groups is 3. The molecule has 1 aromatic heterocycles. The minimum atomic E-state index is -0.732. The molecule has 3 heterocycles. The summed E-state index contributed by atoms with van der Waals surface area (Å²) >= 11 is 0. The number of amides is 4. The number of anilines is 1. The van der Waals surface area contributed by atoms with Crippen molar-refractivity contribution in [2.24, 2.45) is 0 Å². The maximum atomic E-state index is 14.3. The zero-order valence-corrected chi connectivity index (χ0v) is 23.9. The number of ether oxygens (including phenoxy) is 2. The van der Waals surface area contributed by atoms with Gasteiger partial charge in [0, 0.05) is 36.2 Å². The van der Waals surface area contributed by atoms with Crippen LogP contribution in [-0.4, -0.2) is 60.1 Å². The Morgan fingerprint density at radius 1 is 1.05 bits per heavy atom. The first kappa shape index (κ1) is 27.5. The maximum Gasteiger partial charge on any atom is 0.332 e. The summed E-state index contributed by atoms with van der Waals surface area (Å²) in [6.45, 7) is 4.87. The molecule has 9 nitrogen and oxygen atoms in total. The Balaban J connectivity index is 1.37.